The molecule has 0 aliphatic carbocycles. The lowest BCUT2D eigenvalue weighted by Gasteiger charge is -2.21. The van der Waals surface area contributed by atoms with Gasteiger partial charge >= 0.3 is 0 Å². The molecule has 0 aliphatic rings. The first-order valence-corrected chi connectivity index (χ1v) is 7.06. The maximum Gasteiger partial charge on any atom is 0.0597 e. The number of hydrogen-bond acceptors (Lipinski definition) is 2. The standard InChI is InChI=1S/C13H24ClN3/c1-4-6-8-16(9-7-14)11-13-10-12(3)15-17(13)5-2/h10H,4-9,11H2,1-3H3. The van der Waals surface area contributed by atoms with E-state index in [1.165, 1.54) is 18.5 Å². The summed E-state index contributed by atoms with van der Waals surface area (Å²) in [6, 6.07) is 2.18. The fraction of sp³-hybridized carbons (Fsp3) is 0.769. The monoisotopic (exact) mass is 257 g/mol. The first kappa shape index (κ1) is 14.5. The SMILES string of the molecule is CCCCN(CCCl)Cc1cc(C)nn1CC. The number of rotatable bonds is 8. The Morgan fingerprint density at radius 1 is 1.35 bits per heavy atom. The Labute approximate surface area is 110 Å². The van der Waals surface area contributed by atoms with Gasteiger partial charge in [-0.3, -0.25) is 9.58 Å². The average molecular weight is 258 g/mol. The van der Waals surface area contributed by atoms with E-state index in [2.05, 4.69) is 34.6 Å². The first-order valence-electron chi connectivity index (χ1n) is 6.52. The van der Waals surface area contributed by atoms with Crippen molar-refractivity contribution in [2.24, 2.45) is 0 Å². The molecular weight excluding hydrogens is 234 g/mol. The van der Waals surface area contributed by atoms with Crippen molar-refractivity contribution in [1.82, 2.24) is 14.7 Å². The second-order valence-electron chi connectivity index (χ2n) is 4.41. The number of nitrogens with zero attached hydrogens (tertiary/aromatic N) is 3. The van der Waals surface area contributed by atoms with Gasteiger partial charge in [0.25, 0.3) is 0 Å². The highest BCUT2D eigenvalue weighted by Crippen LogP contribution is 2.09. The molecule has 98 valence electrons. The Hall–Kier alpha value is -0.540. The minimum absolute atomic E-state index is 0.697. The van der Waals surface area contributed by atoms with E-state index in [1.807, 2.05) is 6.92 Å². The number of halogens is 1. The zero-order valence-electron chi connectivity index (χ0n) is 11.2. The molecule has 0 fully saturated rings. The predicted molar refractivity (Wildman–Crippen MR) is 73.5 cm³/mol. The van der Waals surface area contributed by atoms with Gasteiger partial charge in [0.15, 0.2) is 0 Å². The zero-order chi connectivity index (χ0) is 12.7. The van der Waals surface area contributed by atoms with Crippen molar-refractivity contribution in [3.8, 4) is 0 Å². The number of aromatic nitrogens is 2. The molecule has 3 nitrogen and oxygen atoms in total. The molecule has 17 heavy (non-hydrogen) atoms. The van der Waals surface area contributed by atoms with Crippen LogP contribution in [0.4, 0.5) is 0 Å². The molecule has 0 saturated carbocycles. The molecule has 0 amide bonds. The Balaban J connectivity index is 2.63. The van der Waals surface area contributed by atoms with Gasteiger partial charge in [0.1, 0.15) is 0 Å². The molecule has 0 N–H and O–H groups in total. The molecular formula is C13H24ClN3. The molecule has 0 aromatic carbocycles. The fourth-order valence-electron chi connectivity index (χ4n) is 2.00. The van der Waals surface area contributed by atoms with Crippen molar-refractivity contribution in [3.63, 3.8) is 0 Å². The van der Waals surface area contributed by atoms with E-state index in [-0.39, 0.29) is 0 Å². The minimum Gasteiger partial charge on any atom is -0.296 e. The fourth-order valence-corrected chi connectivity index (χ4v) is 2.24. The third-order valence-corrected chi connectivity index (χ3v) is 3.07. The lowest BCUT2D eigenvalue weighted by atomic mass is 10.3. The van der Waals surface area contributed by atoms with Gasteiger partial charge in [-0.2, -0.15) is 5.10 Å². The molecule has 0 unspecified atom stereocenters. The van der Waals surface area contributed by atoms with Crippen molar-refractivity contribution >= 4 is 11.6 Å². The van der Waals surface area contributed by atoms with Crippen LogP contribution < -0.4 is 0 Å². The quantitative estimate of drug-likeness (QED) is 0.668. The maximum absolute atomic E-state index is 5.86. The molecule has 1 aromatic heterocycles. The first-order chi connectivity index (χ1) is 8.21. The second kappa shape index (κ2) is 7.72. The van der Waals surface area contributed by atoms with Gasteiger partial charge in [-0.1, -0.05) is 13.3 Å². The normalized spacial score (nSPS) is 11.4. The number of alkyl halides is 1. The molecule has 0 radical (unpaired) electrons. The van der Waals surface area contributed by atoms with Crippen LogP contribution in [0.25, 0.3) is 0 Å². The second-order valence-corrected chi connectivity index (χ2v) is 4.79. The molecule has 1 aromatic rings. The summed E-state index contributed by atoms with van der Waals surface area (Å²) in [4.78, 5) is 2.42. The van der Waals surface area contributed by atoms with Crippen LogP contribution in [-0.4, -0.2) is 33.6 Å². The van der Waals surface area contributed by atoms with Crippen molar-refractivity contribution in [2.45, 2.75) is 46.7 Å². The lowest BCUT2D eigenvalue weighted by molar-refractivity contribution is 0.268. The summed E-state index contributed by atoms with van der Waals surface area (Å²) < 4.78 is 2.09. The van der Waals surface area contributed by atoms with Crippen LogP contribution >= 0.6 is 11.6 Å². The summed E-state index contributed by atoms with van der Waals surface area (Å²) in [6.07, 6.45) is 2.46. The van der Waals surface area contributed by atoms with Crippen LogP contribution in [0.2, 0.25) is 0 Å². The van der Waals surface area contributed by atoms with Crippen LogP contribution in [0.1, 0.15) is 38.1 Å². The molecule has 1 heterocycles. The van der Waals surface area contributed by atoms with Crippen molar-refractivity contribution in [3.05, 3.63) is 17.5 Å². The number of aryl methyl sites for hydroxylation is 2. The van der Waals surface area contributed by atoms with Crippen LogP contribution in [-0.2, 0) is 13.1 Å². The van der Waals surface area contributed by atoms with E-state index in [1.54, 1.807) is 0 Å². The topological polar surface area (TPSA) is 21.1 Å². The Morgan fingerprint density at radius 3 is 2.71 bits per heavy atom. The highest BCUT2D eigenvalue weighted by molar-refractivity contribution is 6.18. The Kier molecular flexibility index (Phi) is 6.60. The van der Waals surface area contributed by atoms with Gasteiger partial charge in [-0.25, -0.2) is 0 Å². The van der Waals surface area contributed by atoms with E-state index in [0.29, 0.717) is 5.88 Å². The van der Waals surface area contributed by atoms with E-state index in [0.717, 1.165) is 31.9 Å². The highest BCUT2D eigenvalue weighted by atomic mass is 35.5. The molecule has 1 rings (SSSR count). The summed E-state index contributed by atoms with van der Waals surface area (Å²) in [7, 11) is 0. The minimum atomic E-state index is 0.697. The van der Waals surface area contributed by atoms with Gasteiger partial charge in [0, 0.05) is 25.5 Å². The number of unbranched alkanes of at least 4 members (excludes halogenated alkanes) is 1. The van der Waals surface area contributed by atoms with Crippen molar-refractivity contribution < 1.29 is 0 Å². The summed E-state index contributed by atoms with van der Waals surface area (Å²) in [5, 5.41) is 4.48. The van der Waals surface area contributed by atoms with Crippen LogP contribution in [0.3, 0.4) is 0 Å². The average Bonchev–Trinajstić information content (AvgIpc) is 2.66. The van der Waals surface area contributed by atoms with Gasteiger partial charge < -0.3 is 0 Å². The van der Waals surface area contributed by atoms with Gasteiger partial charge in [0.2, 0.25) is 0 Å². The molecule has 0 spiro atoms. The molecule has 0 saturated heterocycles. The van der Waals surface area contributed by atoms with E-state index in [4.69, 9.17) is 11.6 Å². The Bertz CT molecular complexity index is 322. The maximum atomic E-state index is 5.86. The lowest BCUT2D eigenvalue weighted by Crippen LogP contribution is -2.27. The summed E-state index contributed by atoms with van der Waals surface area (Å²) >= 11 is 5.86. The van der Waals surface area contributed by atoms with Gasteiger partial charge in [-0.05, 0) is 32.9 Å². The Morgan fingerprint density at radius 2 is 2.12 bits per heavy atom. The number of hydrogen-bond donors (Lipinski definition) is 0. The zero-order valence-corrected chi connectivity index (χ0v) is 12.0. The van der Waals surface area contributed by atoms with E-state index in [9.17, 15) is 0 Å². The van der Waals surface area contributed by atoms with E-state index >= 15 is 0 Å². The van der Waals surface area contributed by atoms with Gasteiger partial charge in [-0.15, -0.1) is 11.6 Å². The van der Waals surface area contributed by atoms with Gasteiger partial charge in [0.05, 0.1) is 11.4 Å². The van der Waals surface area contributed by atoms with Crippen molar-refractivity contribution in [1.29, 1.82) is 0 Å². The highest BCUT2D eigenvalue weighted by Gasteiger charge is 2.09. The molecule has 0 bridgehead atoms. The summed E-state index contributed by atoms with van der Waals surface area (Å²) in [5.41, 5.74) is 2.40. The van der Waals surface area contributed by atoms with Crippen LogP contribution in [0, 0.1) is 6.92 Å². The van der Waals surface area contributed by atoms with Crippen LogP contribution in [0.5, 0.6) is 0 Å². The summed E-state index contributed by atoms with van der Waals surface area (Å²) in [5.74, 6) is 0.697. The third-order valence-electron chi connectivity index (χ3n) is 2.90. The van der Waals surface area contributed by atoms with Crippen LogP contribution in [0.15, 0.2) is 6.07 Å². The third kappa shape index (κ3) is 4.68. The predicted octanol–water partition coefficient (Wildman–Crippen LogP) is 3.05. The van der Waals surface area contributed by atoms with Crippen molar-refractivity contribution in [2.75, 3.05) is 19.0 Å². The van der Waals surface area contributed by atoms with E-state index < -0.39 is 0 Å². The molecule has 4 heteroatoms. The largest absolute Gasteiger partial charge is 0.296 e. The molecule has 0 aliphatic heterocycles. The molecule has 0 atom stereocenters. The smallest absolute Gasteiger partial charge is 0.0597 e. The summed E-state index contributed by atoms with van der Waals surface area (Å²) in [6.45, 7) is 10.4.